The largest absolute Gasteiger partial charge is 0.333 e. The average molecular weight is 180 g/mol. The van der Waals surface area contributed by atoms with Gasteiger partial charge in [-0.2, -0.15) is 0 Å². The maximum Gasteiger partial charge on any atom is 0.209 e. The highest BCUT2D eigenvalue weighted by molar-refractivity contribution is 5.25. The van der Waals surface area contributed by atoms with Crippen molar-refractivity contribution in [2.24, 2.45) is 0 Å². The summed E-state index contributed by atoms with van der Waals surface area (Å²) in [7, 11) is 0. The van der Waals surface area contributed by atoms with Crippen LogP contribution in [0, 0.1) is 0 Å². The van der Waals surface area contributed by atoms with Gasteiger partial charge in [0, 0.05) is 0 Å². The topological polar surface area (TPSA) is 18.5 Å². The highest BCUT2D eigenvalue weighted by Crippen LogP contribution is 2.40. The summed E-state index contributed by atoms with van der Waals surface area (Å²) in [4.78, 5) is 0. The average Bonchev–Trinajstić information content (AvgIpc) is 2.37. The van der Waals surface area contributed by atoms with Crippen LogP contribution in [-0.2, 0) is 9.47 Å². The second-order valence-electron chi connectivity index (χ2n) is 4.80. The molecule has 0 unspecified atom stereocenters. The zero-order chi connectivity index (χ0) is 9.74. The van der Waals surface area contributed by atoms with Gasteiger partial charge >= 0.3 is 0 Å². The first-order valence-corrected chi connectivity index (χ1v) is 4.64. The van der Waals surface area contributed by atoms with Gasteiger partial charge in [-0.1, -0.05) is 12.2 Å². The van der Waals surface area contributed by atoms with E-state index in [1.165, 1.54) is 0 Å². The summed E-state index contributed by atoms with van der Waals surface area (Å²) < 4.78 is 11.6. The zero-order valence-electron chi connectivity index (χ0n) is 8.63. The molecule has 2 aliphatic rings. The van der Waals surface area contributed by atoms with Crippen LogP contribution in [0.25, 0.3) is 0 Å². The fraction of sp³-hybridized carbons (Fsp3) is 0.636. The van der Waals surface area contributed by atoms with Crippen molar-refractivity contribution < 1.29 is 9.47 Å². The SMILES string of the molecule is CC1(C)C=CC2(C=CC(C)(C)O2)O1. The molecule has 0 radical (unpaired) electrons. The smallest absolute Gasteiger partial charge is 0.209 e. The van der Waals surface area contributed by atoms with Crippen LogP contribution < -0.4 is 0 Å². The zero-order valence-corrected chi connectivity index (χ0v) is 8.63. The fourth-order valence-corrected chi connectivity index (χ4v) is 1.74. The van der Waals surface area contributed by atoms with Crippen molar-refractivity contribution in [2.45, 2.75) is 44.7 Å². The third kappa shape index (κ3) is 1.56. The number of hydrogen-bond donors (Lipinski definition) is 0. The molecule has 0 bridgehead atoms. The van der Waals surface area contributed by atoms with Gasteiger partial charge in [0.25, 0.3) is 0 Å². The van der Waals surface area contributed by atoms with Crippen molar-refractivity contribution in [3.8, 4) is 0 Å². The Morgan fingerprint density at radius 2 is 1.08 bits per heavy atom. The van der Waals surface area contributed by atoms with E-state index in [4.69, 9.17) is 9.47 Å². The van der Waals surface area contributed by atoms with Gasteiger partial charge in [-0.3, -0.25) is 0 Å². The van der Waals surface area contributed by atoms with Gasteiger partial charge in [0.1, 0.15) is 0 Å². The second-order valence-corrected chi connectivity index (χ2v) is 4.80. The molecular formula is C11H16O2. The summed E-state index contributed by atoms with van der Waals surface area (Å²) >= 11 is 0. The van der Waals surface area contributed by atoms with Crippen molar-refractivity contribution in [1.29, 1.82) is 0 Å². The lowest BCUT2D eigenvalue weighted by Gasteiger charge is -2.29. The summed E-state index contributed by atoms with van der Waals surface area (Å²) in [5.41, 5.74) is -0.435. The molecule has 0 aliphatic carbocycles. The lowest BCUT2D eigenvalue weighted by molar-refractivity contribution is -0.220. The fourth-order valence-electron chi connectivity index (χ4n) is 1.74. The van der Waals surface area contributed by atoms with Crippen LogP contribution in [-0.4, -0.2) is 17.0 Å². The Hall–Kier alpha value is -0.600. The molecule has 0 saturated carbocycles. The normalized spacial score (nSPS) is 31.7. The van der Waals surface area contributed by atoms with Gasteiger partial charge in [-0.05, 0) is 39.8 Å². The molecule has 0 N–H and O–H groups in total. The molecule has 0 aromatic heterocycles. The summed E-state index contributed by atoms with van der Waals surface area (Å²) in [5.74, 6) is -0.604. The molecule has 72 valence electrons. The minimum absolute atomic E-state index is 0.218. The Bertz CT molecular complexity index is 254. The highest BCUT2D eigenvalue weighted by atomic mass is 16.7. The Morgan fingerprint density at radius 3 is 1.31 bits per heavy atom. The van der Waals surface area contributed by atoms with Crippen molar-refractivity contribution in [2.75, 3.05) is 0 Å². The Labute approximate surface area is 79.2 Å². The van der Waals surface area contributed by atoms with Crippen LogP contribution in [0.1, 0.15) is 27.7 Å². The molecule has 2 rings (SSSR count). The quantitative estimate of drug-likeness (QED) is 0.533. The minimum Gasteiger partial charge on any atom is -0.333 e. The van der Waals surface area contributed by atoms with Gasteiger partial charge < -0.3 is 9.47 Å². The van der Waals surface area contributed by atoms with E-state index >= 15 is 0 Å². The molecular weight excluding hydrogens is 164 g/mol. The monoisotopic (exact) mass is 180 g/mol. The lowest BCUT2D eigenvalue weighted by Crippen LogP contribution is -2.35. The van der Waals surface area contributed by atoms with E-state index in [2.05, 4.69) is 0 Å². The van der Waals surface area contributed by atoms with E-state index in [1.807, 2.05) is 52.0 Å². The van der Waals surface area contributed by atoms with E-state index in [1.54, 1.807) is 0 Å². The van der Waals surface area contributed by atoms with Gasteiger partial charge in [-0.15, -0.1) is 0 Å². The third-order valence-electron chi connectivity index (χ3n) is 2.28. The van der Waals surface area contributed by atoms with Gasteiger partial charge in [0.15, 0.2) is 0 Å². The van der Waals surface area contributed by atoms with Crippen LogP contribution in [0.4, 0.5) is 0 Å². The van der Waals surface area contributed by atoms with Crippen molar-refractivity contribution in [3.05, 3.63) is 24.3 Å². The van der Waals surface area contributed by atoms with Crippen LogP contribution in [0.15, 0.2) is 24.3 Å². The molecule has 2 heterocycles. The van der Waals surface area contributed by atoms with Gasteiger partial charge in [0.05, 0.1) is 11.2 Å². The van der Waals surface area contributed by atoms with E-state index in [0.717, 1.165) is 0 Å². The molecule has 0 aromatic carbocycles. The summed E-state index contributed by atoms with van der Waals surface area (Å²) in [6, 6.07) is 0. The molecule has 0 atom stereocenters. The first-order chi connectivity index (χ1) is 5.83. The predicted molar refractivity (Wildman–Crippen MR) is 51.3 cm³/mol. The maximum atomic E-state index is 5.81. The molecule has 2 nitrogen and oxygen atoms in total. The summed E-state index contributed by atoms with van der Waals surface area (Å²) in [6.07, 6.45) is 8.05. The van der Waals surface area contributed by atoms with Gasteiger partial charge in [-0.25, -0.2) is 0 Å². The van der Waals surface area contributed by atoms with Crippen LogP contribution in [0.2, 0.25) is 0 Å². The molecule has 2 heteroatoms. The van der Waals surface area contributed by atoms with E-state index in [0.29, 0.717) is 0 Å². The maximum absolute atomic E-state index is 5.81. The molecule has 0 fully saturated rings. The Balaban J connectivity index is 2.22. The van der Waals surface area contributed by atoms with E-state index in [-0.39, 0.29) is 11.2 Å². The van der Waals surface area contributed by atoms with Crippen LogP contribution >= 0.6 is 0 Å². The number of ether oxygens (including phenoxy) is 2. The summed E-state index contributed by atoms with van der Waals surface area (Å²) in [6.45, 7) is 8.11. The Morgan fingerprint density at radius 1 is 0.692 bits per heavy atom. The minimum atomic E-state index is -0.604. The van der Waals surface area contributed by atoms with Crippen molar-refractivity contribution >= 4 is 0 Å². The van der Waals surface area contributed by atoms with Crippen molar-refractivity contribution in [1.82, 2.24) is 0 Å². The molecule has 1 spiro atoms. The van der Waals surface area contributed by atoms with Crippen LogP contribution in [0.5, 0.6) is 0 Å². The lowest BCUT2D eigenvalue weighted by atomic mass is 10.1. The van der Waals surface area contributed by atoms with Crippen LogP contribution in [0.3, 0.4) is 0 Å². The highest BCUT2D eigenvalue weighted by Gasteiger charge is 2.45. The molecule has 0 amide bonds. The first-order valence-electron chi connectivity index (χ1n) is 4.64. The Kier molecular flexibility index (Phi) is 1.55. The number of rotatable bonds is 0. The standard InChI is InChI=1S/C11H16O2/c1-9(2)5-7-11(12-9)8-6-10(3,4)13-11/h5-8H,1-4H3. The molecule has 13 heavy (non-hydrogen) atoms. The molecule has 2 aliphatic heterocycles. The third-order valence-corrected chi connectivity index (χ3v) is 2.28. The first kappa shape index (κ1) is 8.97. The predicted octanol–water partition coefficient (Wildman–Crippen LogP) is 2.41. The second kappa shape index (κ2) is 2.25. The number of hydrogen-bond acceptors (Lipinski definition) is 2. The van der Waals surface area contributed by atoms with E-state index in [9.17, 15) is 0 Å². The van der Waals surface area contributed by atoms with Gasteiger partial charge in [0.2, 0.25) is 5.79 Å². The van der Waals surface area contributed by atoms with E-state index < -0.39 is 5.79 Å². The van der Waals surface area contributed by atoms with Crippen molar-refractivity contribution in [3.63, 3.8) is 0 Å². The molecule has 0 saturated heterocycles. The molecule has 0 aromatic rings. The summed E-state index contributed by atoms with van der Waals surface area (Å²) in [5, 5.41) is 0.